The Balaban J connectivity index is 0. The molecule has 0 aliphatic heterocycles. The van der Waals surface area contributed by atoms with Crippen LogP contribution < -0.4 is 0 Å². The molecular weight excluding hydrogens is 550 g/mol. The number of hydrogen-bond acceptors (Lipinski definition) is 11. The fraction of sp³-hybridized carbons (Fsp3) is 0. The first-order valence-electron chi connectivity index (χ1n) is 5.32. The Bertz CT molecular complexity index is 1280. The predicted molar refractivity (Wildman–Crippen MR) is 94.3 cm³/mol. The molecule has 1 aromatic rings. The normalized spacial score (nSPS) is 13.3. The summed E-state index contributed by atoms with van der Waals surface area (Å²) in [5.74, 6) is 0. The second kappa shape index (κ2) is 9.54. The number of hydrogen-bond donors (Lipinski definition) is 6. The van der Waals surface area contributed by atoms with E-state index in [0.717, 1.165) is 0 Å². The summed E-state index contributed by atoms with van der Waals surface area (Å²) in [5.41, 5.74) is 0. The standard InChI is InChI=1S/C6H6O15S6.2Na/c7-23(8,9)2-1(22)3(24(10,11)12)5(26(16,17)18)6(27(19,20)21)4(2)25(13,14)15;;/h22H,(H,7,8,9)(H,10,11,12)(H,13,14,15)(H,16,17,18)(H,19,20,21);;. The van der Waals surface area contributed by atoms with Gasteiger partial charge in [0.2, 0.25) is 0 Å². The van der Waals surface area contributed by atoms with E-state index in [1.54, 1.807) is 0 Å². The summed E-state index contributed by atoms with van der Waals surface area (Å²) < 4.78 is 160. The van der Waals surface area contributed by atoms with Gasteiger partial charge in [-0.3, -0.25) is 22.8 Å². The molecule has 0 aromatic heterocycles. The smallest absolute Gasteiger partial charge is 0.282 e. The minimum atomic E-state index is -6.28. The molecule has 1 aromatic carbocycles. The fourth-order valence-electron chi connectivity index (χ4n) is 1.81. The van der Waals surface area contributed by atoms with Crippen molar-refractivity contribution >= 4 is 122 Å². The summed E-state index contributed by atoms with van der Waals surface area (Å²) >= 11 is 3.14. The van der Waals surface area contributed by atoms with Crippen molar-refractivity contribution in [3.8, 4) is 0 Å². The summed E-state index contributed by atoms with van der Waals surface area (Å²) in [5, 5.41) is 0. The van der Waals surface area contributed by atoms with Crippen LogP contribution in [0.4, 0.5) is 0 Å². The average molecular weight is 556 g/mol. The zero-order valence-electron chi connectivity index (χ0n) is 13.8. The molecule has 0 spiro atoms. The van der Waals surface area contributed by atoms with E-state index >= 15 is 0 Å². The molecule has 0 saturated heterocycles. The second-order valence-corrected chi connectivity index (χ2v) is 11.6. The molecule has 23 heteroatoms. The molecule has 15 nitrogen and oxygen atoms in total. The first-order chi connectivity index (χ1) is 11.5. The maximum absolute atomic E-state index is 11.5. The van der Waals surface area contributed by atoms with Crippen LogP contribution in [0.3, 0.4) is 0 Å². The molecule has 0 bridgehead atoms. The van der Waals surface area contributed by atoms with E-state index in [1.165, 1.54) is 0 Å². The van der Waals surface area contributed by atoms with Crippen LogP contribution in [0.2, 0.25) is 0 Å². The number of thiol groups is 1. The van der Waals surface area contributed by atoms with Crippen molar-refractivity contribution in [1.29, 1.82) is 0 Å². The van der Waals surface area contributed by atoms with Crippen molar-refractivity contribution in [2.45, 2.75) is 29.4 Å². The molecule has 5 N–H and O–H groups in total. The van der Waals surface area contributed by atoms with Crippen molar-refractivity contribution < 1.29 is 64.9 Å². The van der Waals surface area contributed by atoms with Crippen molar-refractivity contribution in [1.82, 2.24) is 0 Å². The van der Waals surface area contributed by atoms with Gasteiger partial charge in [0.1, 0.15) is 24.5 Å². The van der Waals surface area contributed by atoms with Crippen LogP contribution in [0, 0.1) is 0 Å². The summed E-state index contributed by atoms with van der Waals surface area (Å²) in [6.07, 6.45) is 0. The van der Waals surface area contributed by atoms with E-state index in [9.17, 15) is 42.1 Å². The predicted octanol–water partition coefficient (Wildman–Crippen LogP) is -2.55. The van der Waals surface area contributed by atoms with Crippen LogP contribution in [0.25, 0.3) is 0 Å². The van der Waals surface area contributed by atoms with Gasteiger partial charge in [0, 0.05) is 64.0 Å². The Morgan fingerprint density at radius 2 is 0.552 bits per heavy atom. The van der Waals surface area contributed by atoms with Crippen molar-refractivity contribution in [3.63, 3.8) is 0 Å². The molecule has 1 rings (SSSR count). The Hall–Kier alpha value is 1.12. The SMILES string of the molecule is O=S(=O)(O)c1c(S)c(S(=O)(=O)O)c(S(=O)(=O)O)c(S(=O)(=O)O)c1S(=O)(=O)O.[Na].[Na]. The summed E-state index contributed by atoms with van der Waals surface area (Å²) in [6.45, 7) is 0. The Kier molecular flexibility index (Phi) is 10.6. The van der Waals surface area contributed by atoms with E-state index in [-0.39, 0.29) is 59.1 Å². The number of rotatable bonds is 5. The third kappa shape index (κ3) is 7.05. The summed E-state index contributed by atoms with van der Waals surface area (Å²) in [4.78, 5) is -14.4. The quantitative estimate of drug-likeness (QED) is 0.124. The van der Waals surface area contributed by atoms with E-state index in [0.29, 0.717) is 0 Å². The molecule has 0 unspecified atom stereocenters. The van der Waals surface area contributed by atoms with Gasteiger partial charge in [-0.2, -0.15) is 42.1 Å². The maximum Gasteiger partial charge on any atom is 0.297 e. The zero-order valence-corrected chi connectivity index (χ0v) is 22.8. The fourth-order valence-corrected chi connectivity index (χ4v) is 9.05. The molecule has 0 heterocycles. The Labute approximate surface area is 214 Å². The Morgan fingerprint density at radius 1 is 0.414 bits per heavy atom. The van der Waals surface area contributed by atoms with Gasteiger partial charge in [0.25, 0.3) is 50.6 Å². The third-order valence-corrected chi connectivity index (χ3v) is 8.43. The Morgan fingerprint density at radius 3 is 0.690 bits per heavy atom. The molecule has 0 amide bonds. The number of benzene rings is 1. The van der Waals surface area contributed by atoms with E-state index < -0.39 is 80.0 Å². The molecule has 2 radical (unpaired) electrons. The molecule has 29 heavy (non-hydrogen) atoms. The topological polar surface area (TPSA) is 272 Å². The van der Waals surface area contributed by atoms with Gasteiger partial charge < -0.3 is 0 Å². The van der Waals surface area contributed by atoms with Gasteiger partial charge in [-0.15, -0.1) is 12.6 Å². The van der Waals surface area contributed by atoms with Gasteiger partial charge in [-0.25, -0.2) is 0 Å². The zero-order chi connectivity index (χ0) is 22.0. The van der Waals surface area contributed by atoms with Crippen LogP contribution in [-0.2, 0) is 50.6 Å². The average Bonchev–Trinajstić information content (AvgIpc) is 2.29. The van der Waals surface area contributed by atoms with Crippen LogP contribution in [0.15, 0.2) is 29.4 Å². The van der Waals surface area contributed by atoms with Crippen molar-refractivity contribution in [3.05, 3.63) is 0 Å². The van der Waals surface area contributed by atoms with Crippen LogP contribution in [0.5, 0.6) is 0 Å². The van der Waals surface area contributed by atoms with Gasteiger partial charge in [0.15, 0.2) is 0 Å². The second-order valence-electron chi connectivity index (χ2n) is 4.37. The van der Waals surface area contributed by atoms with E-state index in [1.807, 2.05) is 0 Å². The van der Waals surface area contributed by atoms with E-state index in [2.05, 4.69) is 12.6 Å². The van der Waals surface area contributed by atoms with Crippen LogP contribution in [-0.4, -0.2) is 124 Å². The molecule has 0 saturated carbocycles. The minimum absolute atomic E-state index is 0. The van der Waals surface area contributed by atoms with Crippen molar-refractivity contribution in [2.75, 3.05) is 0 Å². The molecule has 0 aliphatic rings. The third-order valence-electron chi connectivity index (χ3n) is 2.54. The monoisotopic (exact) mass is 556 g/mol. The van der Waals surface area contributed by atoms with Gasteiger partial charge in [-0.05, 0) is 0 Å². The molecule has 0 aliphatic carbocycles. The first kappa shape index (κ1) is 32.3. The van der Waals surface area contributed by atoms with Crippen molar-refractivity contribution in [2.24, 2.45) is 0 Å². The van der Waals surface area contributed by atoms with Gasteiger partial charge in [-0.1, -0.05) is 0 Å². The summed E-state index contributed by atoms with van der Waals surface area (Å²) in [6, 6.07) is 0. The van der Waals surface area contributed by atoms with Crippen LogP contribution in [0.1, 0.15) is 0 Å². The van der Waals surface area contributed by atoms with E-state index in [4.69, 9.17) is 22.8 Å². The van der Waals surface area contributed by atoms with Gasteiger partial charge in [0.05, 0.1) is 0 Å². The largest absolute Gasteiger partial charge is 0.297 e. The molecule has 0 fully saturated rings. The molecule has 0 atom stereocenters. The summed E-state index contributed by atoms with van der Waals surface area (Å²) in [7, 11) is -30.7. The van der Waals surface area contributed by atoms with Crippen LogP contribution >= 0.6 is 12.6 Å². The molecule has 158 valence electrons. The molecular formula is C6H6Na2O15S6. The maximum atomic E-state index is 11.5. The first-order valence-corrected chi connectivity index (χ1v) is 13.0. The van der Waals surface area contributed by atoms with Gasteiger partial charge >= 0.3 is 0 Å². The minimum Gasteiger partial charge on any atom is -0.282 e.